The molecule has 2 fully saturated rings. The molecule has 3 aromatic rings. The standard InChI is InChI=1S/C28H27F2N5O5/c29-28(30)40-24-8-4-7-21-20(24)13-22(34-21)27(38)35-15-19(39-18-5-2-1-3-6-18)12-23(35)26(37)33-17(14-31)11-16-9-10-32-25(16)36/h1-8,13,16-17,19,23,28,34H,9-12,15H2,(H,32,36)(H,33,37)/t16-,17-,19-,23-/m0/s1. The Bertz CT molecular complexity index is 1440. The molecule has 0 spiro atoms. The molecule has 12 heteroatoms. The summed E-state index contributed by atoms with van der Waals surface area (Å²) < 4.78 is 36.4. The third kappa shape index (κ3) is 5.83. The van der Waals surface area contributed by atoms with Gasteiger partial charge in [0.15, 0.2) is 0 Å². The Kier molecular flexibility index (Phi) is 7.82. The Morgan fingerprint density at radius 1 is 1.18 bits per heavy atom. The van der Waals surface area contributed by atoms with Crippen molar-refractivity contribution in [3.8, 4) is 17.6 Å². The topological polar surface area (TPSA) is 137 Å². The van der Waals surface area contributed by atoms with E-state index in [2.05, 4.69) is 20.4 Å². The van der Waals surface area contributed by atoms with Crippen molar-refractivity contribution in [2.75, 3.05) is 13.1 Å². The van der Waals surface area contributed by atoms with Gasteiger partial charge in [-0.2, -0.15) is 14.0 Å². The second kappa shape index (κ2) is 11.6. The molecule has 0 radical (unpaired) electrons. The predicted molar refractivity (Wildman–Crippen MR) is 139 cm³/mol. The van der Waals surface area contributed by atoms with Gasteiger partial charge in [-0.1, -0.05) is 24.3 Å². The molecule has 0 saturated carbocycles. The molecule has 4 atom stereocenters. The molecule has 208 valence electrons. The minimum Gasteiger partial charge on any atom is -0.488 e. The molecule has 0 unspecified atom stereocenters. The van der Waals surface area contributed by atoms with Gasteiger partial charge in [0.1, 0.15) is 35.4 Å². The van der Waals surface area contributed by atoms with E-state index < -0.39 is 36.6 Å². The summed E-state index contributed by atoms with van der Waals surface area (Å²) >= 11 is 0. The van der Waals surface area contributed by atoms with E-state index in [9.17, 15) is 28.4 Å². The number of carbonyl (C=O) groups is 3. The smallest absolute Gasteiger partial charge is 0.387 e. The van der Waals surface area contributed by atoms with Gasteiger partial charge in [-0.05, 0) is 43.2 Å². The summed E-state index contributed by atoms with van der Waals surface area (Å²) in [5, 5.41) is 15.4. The number of halogens is 2. The van der Waals surface area contributed by atoms with Crippen molar-refractivity contribution >= 4 is 28.6 Å². The van der Waals surface area contributed by atoms with Gasteiger partial charge >= 0.3 is 6.61 Å². The number of aromatic amines is 1. The fraction of sp³-hybridized carbons (Fsp3) is 0.357. The molecule has 3 amide bonds. The van der Waals surface area contributed by atoms with Gasteiger partial charge in [-0.15, -0.1) is 0 Å². The lowest BCUT2D eigenvalue weighted by Gasteiger charge is -2.24. The third-order valence-corrected chi connectivity index (χ3v) is 7.10. The Morgan fingerprint density at radius 2 is 1.98 bits per heavy atom. The third-order valence-electron chi connectivity index (χ3n) is 7.10. The number of aromatic nitrogens is 1. The van der Waals surface area contributed by atoms with Gasteiger partial charge < -0.3 is 30.0 Å². The maximum Gasteiger partial charge on any atom is 0.387 e. The normalized spacial score (nSPS) is 21.2. The van der Waals surface area contributed by atoms with E-state index in [0.717, 1.165) is 0 Å². The van der Waals surface area contributed by atoms with Crippen LogP contribution in [0.2, 0.25) is 0 Å². The summed E-state index contributed by atoms with van der Waals surface area (Å²) in [6.07, 6.45) is 0.374. The molecule has 10 nitrogen and oxygen atoms in total. The first-order valence-electron chi connectivity index (χ1n) is 12.9. The number of amides is 3. The summed E-state index contributed by atoms with van der Waals surface area (Å²) in [7, 11) is 0. The number of likely N-dealkylation sites (tertiary alicyclic amines) is 1. The number of nitrogens with zero attached hydrogens (tertiary/aromatic N) is 2. The largest absolute Gasteiger partial charge is 0.488 e. The first-order valence-corrected chi connectivity index (χ1v) is 12.9. The van der Waals surface area contributed by atoms with Gasteiger partial charge in [0.25, 0.3) is 5.91 Å². The number of nitrogens with one attached hydrogen (secondary N) is 3. The van der Waals surface area contributed by atoms with Crippen LogP contribution in [-0.2, 0) is 9.59 Å². The lowest BCUT2D eigenvalue weighted by molar-refractivity contribution is -0.126. The number of ether oxygens (including phenoxy) is 2. The highest BCUT2D eigenvalue weighted by Gasteiger charge is 2.42. The Hall–Kier alpha value is -4.66. The van der Waals surface area contributed by atoms with Crippen LogP contribution in [0.15, 0.2) is 54.6 Å². The fourth-order valence-electron chi connectivity index (χ4n) is 5.21. The molecule has 2 saturated heterocycles. The van der Waals surface area contributed by atoms with Crippen LogP contribution in [0.3, 0.4) is 0 Å². The molecule has 2 aromatic carbocycles. The van der Waals surface area contributed by atoms with Crippen LogP contribution in [0.25, 0.3) is 10.9 Å². The van der Waals surface area contributed by atoms with E-state index in [4.69, 9.17) is 4.74 Å². The molecule has 1 aromatic heterocycles. The van der Waals surface area contributed by atoms with Crippen LogP contribution in [-0.4, -0.2) is 65.5 Å². The molecule has 0 aliphatic carbocycles. The average Bonchev–Trinajstić information content (AvgIpc) is 3.67. The molecule has 5 rings (SSSR count). The number of hydrogen-bond acceptors (Lipinski definition) is 6. The fourth-order valence-corrected chi connectivity index (χ4v) is 5.21. The Morgan fingerprint density at radius 3 is 2.67 bits per heavy atom. The van der Waals surface area contributed by atoms with Gasteiger partial charge in [-0.25, -0.2) is 0 Å². The molecule has 2 aliphatic heterocycles. The highest BCUT2D eigenvalue weighted by atomic mass is 19.3. The zero-order valence-electron chi connectivity index (χ0n) is 21.3. The lowest BCUT2D eigenvalue weighted by Crippen LogP contribution is -2.49. The first-order chi connectivity index (χ1) is 19.3. The van der Waals surface area contributed by atoms with Crippen molar-refractivity contribution in [2.45, 2.75) is 44.1 Å². The highest BCUT2D eigenvalue weighted by Crippen LogP contribution is 2.30. The number of H-pyrrole nitrogens is 1. The number of rotatable bonds is 9. The van der Waals surface area contributed by atoms with Crippen LogP contribution in [0.4, 0.5) is 8.78 Å². The molecule has 2 aliphatic rings. The molecular formula is C28H27F2N5O5. The maximum absolute atomic E-state index is 13.7. The maximum atomic E-state index is 13.7. The van der Waals surface area contributed by atoms with Crippen LogP contribution in [0.5, 0.6) is 11.5 Å². The predicted octanol–water partition coefficient (Wildman–Crippen LogP) is 2.97. The van der Waals surface area contributed by atoms with Crippen molar-refractivity contribution < 1.29 is 32.6 Å². The molecule has 3 heterocycles. The van der Waals surface area contributed by atoms with Crippen molar-refractivity contribution in [1.82, 2.24) is 20.5 Å². The van der Waals surface area contributed by atoms with Crippen molar-refractivity contribution in [1.29, 1.82) is 5.26 Å². The second-order valence-electron chi connectivity index (χ2n) is 9.74. The lowest BCUT2D eigenvalue weighted by atomic mass is 9.98. The summed E-state index contributed by atoms with van der Waals surface area (Å²) in [5.74, 6) is -1.13. The summed E-state index contributed by atoms with van der Waals surface area (Å²) in [6, 6.07) is 15.0. The molecule has 3 N–H and O–H groups in total. The number of para-hydroxylation sites is 1. The van der Waals surface area contributed by atoms with Crippen LogP contribution >= 0.6 is 0 Å². The Labute approximate surface area is 228 Å². The van der Waals surface area contributed by atoms with Gasteiger partial charge in [0.05, 0.1) is 12.6 Å². The van der Waals surface area contributed by atoms with Gasteiger partial charge in [0, 0.05) is 29.8 Å². The molecule has 40 heavy (non-hydrogen) atoms. The second-order valence-corrected chi connectivity index (χ2v) is 9.74. The van der Waals surface area contributed by atoms with E-state index in [1.807, 2.05) is 12.1 Å². The number of carbonyl (C=O) groups excluding carboxylic acids is 3. The van der Waals surface area contributed by atoms with Gasteiger partial charge in [0.2, 0.25) is 11.8 Å². The molecule has 0 bridgehead atoms. The SMILES string of the molecule is N#C[C@H](C[C@@H]1CCNC1=O)NC(=O)[C@@H]1C[C@H](Oc2ccccc2)CN1C(=O)c1cc2c(OC(F)F)cccc2[nH]1. The monoisotopic (exact) mass is 551 g/mol. The van der Waals surface area contributed by atoms with Gasteiger partial charge in [-0.3, -0.25) is 14.4 Å². The van der Waals surface area contributed by atoms with E-state index in [-0.39, 0.29) is 42.7 Å². The average molecular weight is 552 g/mol. The zero-order valence-corrected chi connectivity index (χ0v) is 21.3. The molecular weight excluding hydrogens is 524 g/mol. The number of fused-ring (bicyclic) bond motifs is 1. The number of benzene rings is 2. The minimum atomic E-state index is -3.04. The summed E-state index contributed by atoms with van der Waals surface area (Å²) in [5.41, 5.74) is 0.496. The van der Waals surface area contributed by atoms with E-state index in [1.54, 1.807) is 30.3 Å². The van der Waals surface area contributed by atoms with Crippen LogP contribution < -0.4 is 20.1 Å². The number of alkyl halides is 2. The number of hydrogen-bond donors (Lipinski definition) is 3. The first kappa shape index (κ1) is 26.9. The highest BCUT2D eigenvalue weighted by molar-refractivity contribution is 6.01. The Balaban J connectivity index is 1.38. The van der Waals surface area contributed by atoms with Crippen LogP contribution in [0.1, 0.15) is 29.8 Å². The van der Waals surface area contributed by atoms with E-state index in [0.29, 0.717) is 29.6 Å². The minimum absolute atomic E-state index is 0.0732. The van der Waals surface area contributed by atoms with Crippen molar-refractivity contribution in [3.05, 3.63) is 60.3 Å². The number of nitriles is 1. The van der Waals surface area contributed by atoms with E-state index in [1.165, 1.54) is 23.1 Å². The summed E-state index contributed by atoms with van der Waals surface area (Å²) in [4.78, 5) is 43.4. The summed E-state index contributed by atoms with van der Waals surface area (Å²) in [6.45, 7) is -2.44. The zero-order chi connectivity index (χ0) is 28.2. The van der Waals surface area contributed by atoms with Crippen molar-refractivity contribution in [3.63, 3.8) is 0 Å². The van der Waals surface area contributed by atoms with E-state index >= 15 is 0 Å². The van der Waals surface area contributed by atoms with Crippen molar-refractivity contribution in [2.24, 2.45) is 5.92 Å². The quantitative estimate of drug-likeness (QED) is 0.374. The van der Waals surface area contributed by atoms with Crippen LogP contribution in [0, 0.1) is 17.2 Å².